The van der Waals surface area contributed by atoms with Crippen LogP contribution in [0.3, 0.4) is 0 Å². The number of rotatable bonds is 2. The molecule has 19 heavy (non-hydrogen) atoms. The van der Waals surface area contributed by atoms with E-state index in [4.69, 9.17) is 9.26 Å². The second-order valence-corrected chi connectivity index (χ2v) is 4.32. The highest BCUT2D eigenvalue weighted by molar-refractivity contribution is 5.93. The molecule has 0 aliphatic carbocycles. The largest absolute Gasteiger partial charge is 0.450 e. The molecular weight excluding hydrogens is 250 g/mol. The van der Waals surface area contributed by atoms with Crippen LogP contribution in [0.5, 0.6) is 0 Å². The van der Waals surface area contributed by atoms with Gasteiger partial charge in [0.25, 0.3) is 5.91 Å². The maximum absolute atomic E-state index is 12.2. The van der Waals surface area contributed by atoms with Gasteiger partial charge >= 0.3 is 6.09 Å². The number of nitrogens with zero attached hydrogens (tertiary/aromatic N) is 3. The van der Waals surface area contributed by atoms with Gasteiger partial charge < -0.3 is 19.1 Å². The van der Waals surface area contributed by atoms with Crippen LogP contribution in [0, 0.1) is 6.92 Å². The van der Waals surface area contributed by atoms with Crippen LogP contribution in [0.2, 0.25) is 0 Å². The molecule has 0 N–H and O–H groups in total. The van der Waals surface area contributed by atoms with Crippen molar-refractivity contribution in [2.45, 2.75) is 13.8 Å². The summed E-state index contributed by atoms with van der Waals surface area (Å²) >= 11 is 0. The van der Waals surface area contributed by atoms with Gasteiger partial charge in [0.2, 0.25) is 0 Å². The lowest BCUT2D eigenvalue weighted by Gasteiger charge is -2.33. The Morgan fingerprint density at radius 1 is 1.32 bits per heavy atom. The van der Waals surface area contributed by atoms with E-state index in [9.17, 15) is 9.59 Å². The van der Waals surface area contributed by atoms with Crippen molar-refractivity contribution in [2.75, 3.05) is 32.8 Å². The molecule has 1 aliphatic heterocycles. The van der Waals surface area contributed by atoms with Crippen LogP contribution in [0.4, 0.5) is 4.79 Å². The van der Waals surface area contributed by atoms with Gasteiger partial charge in [-0.15, -0.1) is 0 Å². The summed E-state index contributed by atoms with van der Waals surface area (Å²) in [4.78, 5) is 27.0. The molecule has 1 aliphatic rings. The number of piperazine rings is 1. The summed E-state index contributed by atoms with van der Waals surface area (Å²) in [7, 11) is 0. The fourth-order valence-electron chi connectivity index (χ4n) is 1.95. The summed E-state index contributed by atoms with van der Waals surface area (Å²) in [5.74, 6) is -0.158. The van der Waals surface area contributed by atoms with Crippen molar-refractivity contribution in [3.63, 3.8) is 0 Å². The predicted molar refractivity (Wildman–Crippen MR) is 65.7 cm³/mol. The van der Waals surface area contributed by atoms with Crippen LogP contribution < -0.4 is 0 Å². The van der Waals surface area contributed by atoms with Crippen LogP contribution in [0.1, 0.15) is 23.0 Å². The van der Waals surface area contributed by atoms with Crippen molar-refractivity contribution >= 4 is 12.0 Å². The van der Waals surface area contributed by atoms with Crippen molar-refractivity contribution < 1.29 is 18.8 Å². The molecular formula is C12H17N3O4. The Kier molecular flexibility index (Phi) is 4.03. The molecule has 0 radical (unpaired) electrons. The Bertz CT molecular complexity index is 463. The number of aromatic nitrogens is 1. The van der Waals surface area contributed by atoms with E-state index in [0.29, 0.717) is 38.5 Å². The summed E-state index contributed by atoms with van der Waals surface area (Å²) in [6.45, 7) is 5.80. The average molecular weight is 267 g/mol. The second-order valence-electron chi connectivity index (χ2n) is 4.32. The summed E-state index contributed by atoms with van der Waals surface area (Å²) in [6, 6.07) is 0. The Balaban J connectivity index is 1.92. The third-order valence-corrected chi connectivity index (χ3v) is 3.04. The zero-order chi connectivity index (χ0) is 13.8. The minimum absolute atomic E-state index is 0.158. The van der Waals surface area contributed by atoms with E-state index in [-0.39, 0.29) is 12.0 Å². The molecule has 2 heterocycles. The highest BCUT2D eigenvalue weighted by Gasteiger charge is 2.27. The molecule has 0 unspecified atom stereocenters. The number of aryl methyl sites for hydroxylation is 1. The van der Waals surface area contributed by atoms with Crippen LogP contribution in [0.15, 0.2) is 10.8 Å². The summed E-state index contributed by atoms with van der Waals surface area (Å²) in [5.41, 5.74) is 1.06. The first kappa shape index (κ1) is 13.4. The molecule has 0 spiro atoms. The molecule has 0 aromatic carbocycles. The van der Waals surface area contributed by atoms with Gasteiger partial charge in [-0.05, 0) is 13.8 Å². The molecule has 0 atom stereocenters. The van der Waals surface area contributed by atoms with Crippen molar-refractivity contribution in [3.8, 4) is 0 Å². The molecule has 0 bridgehead atoms. The molecule has 1 aromatic heterocycles. The molecule has 104 valence electrons. The third-order valence-electron chi connectivity index (χ3n) is 3.04. The maximum atomic E-state index is 12.2. The average Bonchev–Trinajstić information content (AvgIpc) is 2.84. The molecule has 1 saturated heterocycles. The lowest BCUT2D eigenvalue weighted by Crippen LogP contribution is -2.50. The van der Waals surface area contributed by atoms with Crippen molar-refractivity contribution in [3.05, 3.63) is 17.5 Å². The highest BCUT2D eigenvalue weighted by atomic mass is 16.6. The van der Waals surface area contributed by atoms with Gasteiger partial charge in [-0.25, -0.2) is 4.79 Å². The number of ether oxygens (including phenoxy) is 1. The van der Waals surface area contributed by atoms with Gasteiger partial charge in [0.15, 0.2) is 5.69 Å². The number of hydrogen-bond acceptors (Lipinski definition) is 5. The maximum Gasteiger partial charge on any atom is 0.409 e. The lowest BCUT2D eigenvalue weighted by molar-refractivity contribution is 0.0562. The Morgan fingerprint density at radius 3 is 2.47 bits per heavy atom. The van der Waals surface area contributed by atoms with Gasteiger partial charge in [-0.1, -0.05) is 5.16 Å². The predicted octanol–water partition coefficient (Wildman–Crippen LogP) is 0.897. The second kappa shape index (κ2) is 5.73. The van der Waals surface area contributed by atoms with Crippen molar-refractivity contribution in [1.82, 2.24) is 15.0 Å². The van der Waals surface area contributed by atoms with E-state index < -0.39 is 0 Å². The molecule has 0 saturated carbocycles. The molecule has 7 heteroatoms. The smallest absolute Gasteiger partial charge is 0.409 e. The number of hydrogen-bond donors (Lipinski definition) is 0. The summed E-state index contributed by atoms with van der Waals surface area (Å²) < 4.78 is 9.69. The summed E-state index contributed by atoms with van der Waals surface area (Å²) in [6.07, 6.45) is 1.12. The van der Waals surface area contributed by atoms with Crippen LogP contribution in [-0.4, -0.2) is 59.7 Å². The van der Waals surface area contributed by atoms with Gasteiger partial charge in [0.1, 0.15) is 6.26 Å². The zero-order valence-corrected chi connectivity index (χ0v) is 11.1. The monoisotopic (exact) mass is 267 g/mol. The first-order valence-corrected chi connectivity index (χ1v) is 6.25. The van der Waals surface area contributed by atoms with Crippen molar-refractivity contribution in [2.24, 2.45) is 0 Å². The van der Waals surface area contributed by atoms with E-state index in [1.807, 2.05) is 0 Å². The number of amides is 2. The van der Waals surface area contributed by atoms with E-state index in [2.05, 4.69) is 5.16 Å². The normalized spacial score (nSPS) is 15.5. The Hall–Kier alpha value is -2.05. The Labute approximate surface area is 111 Å². The fourth-order valence-corrected chi connectivity index (χ4v) is 1.95. The van der Waals surface area contributed by atoms with Gasteiger partial charge in [-0.2, -0.15) is 0 Å². The molecule has 7 nitrogen and oxygen atoms in total. The van der Waals surface area contributed by atoms with Crippen LogP contribution in [0.25, 0.3) is 0 Å². The highest BCUT2D eigenvalue weighted by Crippen LogP contribution is 2.11. The van der Waals surface area contributed by atoms with E-state index in [1.54, 1.807) is 23.6 Å². The lowest BCUT2D eigenvalue weighted by atomic mass is 10.2. The van der Waals surface area contributed by atoms with Gasteiger partial charge in [0, 0.05) is 31.7 Å². The molecule has 1 fully saturated rings. The zero-order valence-electron chi connectivity index (χ0n) is 11.1. The number of carbonyl (C=O) groups excluding carboxylic acids is 2. The van der Waals surface area contributed by atoms with Crippen LogP contribution >= 0.6 is 0 Å². The van der Waals surface area contributed by atoms with E-state index >= 15 is 0 Å². The topological polar surface area (TPSA) is 75.9 Å². The van der Waals surface area contributed by atoms with Crippen molar-refractivity contribution in [1.29, 1.82) is 0 Å². The van der Waals surface area contributed by atoms with E-state index in [1.165, 1.54) is 6.26 Å². The Morgan fingerprint density at radius 2 is 1.95 bits per heavy atom. The number of carbonyl (C=O) groups is 2. The standard InChI is InChI=1S/C12H17N3O4/c1-3-18-12(17)15-6-4-14(5-7-15)11(16)10-9(2)8-19-13-10/h8H,3-7H2,1-2H3. The van der Waals surface area contributed by atoms with Crippen LogP contribution in [-0.2, 0) is 4.74 Å². The minimum Gasteiger partial charge on any atom is -0.450 e. The first-order chi connectivity index (χ1) is 9.13. The van der Waals surface area contributed by atoms with Gasteiger partial charge in [-0.3, -0.25) is 4.79 Å². The van der Waals surface area contributed by atoms with Gasteiger partial charge in [0.05, 0.1) is 6.61 Å². The fraction of sp³-hybridized carbons (Fsp3) is 0.583. The molecule has 1 aromatic rings. The quantitative estimate of drug-likeness (QED) is 0.795. The van der Waals surface area contributed by atoms with E-state index in [0.717, 1.165) is 5.56 Å². The summed E-state index contributed by atoms with van der Waals surface area (Å²) in [5, 5.41) is 3.70. The minimum atomic E-state index is -0.327. The first-order valence-electron chi connectivity index (χ1n) is 6.25. The third kappa shape index (κ3) is 2.86. The SMILES string of the molecule is CCOC(=O)N1CCN(C(=O)c2nocc2C)CC1. The molecule has 2 rings (SSSR count). The molecule has 2 amide bonds.